The van der Waals surface area contributed by atoms with Crippen LogP contribution in [0.5, 0.6) is 5.75 Å². The van der Waals surface area contributed by atoms with Crippen LogP contribution in [0.15, 0.2) is 30.5 Å². The molecule has 4 N–H and O–H groups in total. The number of methoxy groups -OCH3 is 1. The van der Waals surface area contributed by atoms with Gasteiger partial charge in [0.25, 0.3) is 11.8 Å². The van der Waals surface area contributed by atoms with Gasteiger partial charge in [-0.2, -0.15) is 0 Å². The van der Waals surface area contributed by atoms with Gasteiger partial charge in [0.15, 0.2) is 17.3 Å². The van der Waals surface area contributed by atoms with Crippen molar-refractivity contribution in [2.75, 3.05) is 31.3 Å². The molecule has 1 aromatic carbocycles. The summed E-state index contributed by atoms with van der Waals surface area (Å²) in [7, 11) is 1.46. The summed E-state index contributed by atoms with van der Waals surface area (Å²) in [6.45, 7) is 1.98. The zero-order chi connectivity index (χ0) is 29.7. The molecule has 1 fully saturated rings. The molecule has 0 saturated heterocycles. The number of carbonyl (C=O) groups is 3. The van der Waals surface area contributed by atoms with Crippen molar-refractivity contribution in [3.05, 3.63) is 41.0 Å². The Hall–Kier alpha value is -4.06. The number of benzene rings is 1. The molecular weight excluding hydrogens is 506 g/mol. The number of ether oxygens (including phenoxy) is 1. The number of para-hydroxylation sites is 1. The SMILES string of the molecule is [2H]C([2H])([2H])NC(=O)c1nnc(NC(=O)C2CC2)cc1Nc1cccc(-c2ncc(C(=O)NCCC(C)C)s2)c1OC. The van der Waals surface area contributed by atoms with Gasteiger partial charge in [0.05, 0.1) is 30.2 Å². The third-order valence-electron chi connectivity index (χ3n) is 5.78. The normalized spacial score (nSPS) is 14.2. The van der Waals surface area contributed by atoms with Crippen LogP contribution in [0.25, 0.3) is 10.6 Å². The molecular formula is C26H31N7O4S. The number of anilines is 3. The zero-order valence-electron chi connectivity index (χ0n) is 24.3. The van der Waals surface area contributed by atoms with E-state index < -0.39 is 12.9 Å². The molecule has 0 atom stereocenters. The lowest BCUT2D eigenvalue weighted by atomic mass is 10.1. The Kier molecular flexibility index (Phi) is 7.28. The van der Waals surface area contributed by atoms with E-state index >= 15 is 0 Å². The fraction of sp³-hybridized carbons (Fsp3) is 0.385. The maximum Gasteiger partial charge on any atom is 0.273 e. The number of nitrogens with one attached hydrogen (secondary N) is 4. The molecule has 1 aliphatic rings. The van der Waals surface area contributed by atoms with Crippen molar-refractivity contribution in [2.24, 2.45) is 11.8 Å². The number of hydrogen-bond donors (Lipinski definition) is 4. The molecule has 38 heavy (non-hydrogen) atoms. The molecule has 11 nitrogen and oxygen atoms in total. The molecule has 200 valence electrons. The van der Waals surface area contributed by atoms with Gasteiger partial charge in [-0.25, -0.2) is 4.98 Å². The van der Waals surface area contributed by atoms with Crippen molar-refractivity contribution in [3.63, 3.8) is 0 Å². The van der Waals surface area contributed by atoms with Gasteiger partial charge >= 0.3 is 0 Å². The van der Waals surface area contributed by atoms with Crippen LogP contribution in [-0.4, -0.2) is 53.5 Å². The van der Waals surface area contributed by atoms with Crippen molar-refractivity contribution in [1.82, 2.24) is 25.8 Å². The van der Waals surface area contributed by atoms with Crippen LogP contribution in [-0.2, 0) is 4.79 Å². The number of rotatable bonds is 11. The number of aromatic nitrogens is 3. The van der Waals surface area contributed by atoms with Gasteiger partial charge in [-0.3, -0.25) is 14.4 Å². The number of nitrogens with zero attached hydrogens (tertiary/aromatic N) is 3. The molecule has 12 heteroatoms. The third kappa shape index (κ3) is 6.43. The smallest absolute Gasteiger partial charge is 0.273 e. The molecule has 3 amide bonds. The first-order valence-electron chi connectivity index (χ1n) is 13.6. The van der Waals surface area contributed by atoms with E-state index in [1.54, 1.807) is 18.2 Å². The van der Waals surface area contributed by atoms with Gasteiger partial charge in [0.2, 0.25) is 5.91 Å². The van der Waals surface area contributed by atoms with Crippen LogP contribution in [0.2, 0.25) is 0 Å². The highest BCUT2D eigenvalue weighted by Gasteiger charge is 2.30. The fourth-order valence-corrected chi connectivity index (χ4v) is 4.44. The summed E-state index contributed by atoms with van der Waals surface area (Å²) in [6, 6.07) is 6.59. The largest absolute Gasteiger partial charge is 0.494 e. The summed E-state index contributed by atoms with van der Waals surface area (Å²) in [5, 5.41) is 18.9. The molecule has 1 aliphatic carbocycles. The van der Waals surface area contributed by atoms with Crippen LogP contribution < -0.4 is 26.0 Å². The fourth-order valence-electron chi connectivity index (χ4n) is 3.58. The van der Waals surface area contributed by atoms with Crippen LogP contribution in [0.1, 0.15) is 57.4 Å². The first-order chi connectivity index (χ1) is 19.4. The highest BCUT2D eigenvalue weighted by Crippen LogP contribution is 2.40. The van der Waals surface area contributed by atoms with E-state index in [2.05, 4.69) is 45.0 Å². The van der Waals surface area contributed by atoms with E-state index in [-0.39, 0.29) is 34.9 Å². The predicted molar refractivity (Wildman–Crippen MR) is 146 cm³/mol. The Balaban J connectivity index is 1.64. The zero-order valence-corrected chi connectivity index (χ0v) is 22.1. The molecule has 2 heterocycles. The van der Waals surface area contributed by atoms with E-state index in [0.717, 1.165) is 19.3 Å². The monoisotopic (exact) mass is 540 g/mol. The van der Waals surface area contributed by atoms with E-state index in [1.807, 2.05) is 5.32 Å². The van der Waals surface area contributed by atoms with E-state index in [4.69, 9.17) is 8.85 Å². The quantitative estimate of drug-likeness (QED) is 0.287. The summed E-state index contributed by atoms with van der Waals surface area (Å²) >= 11 is 1.20. The van der Waals surface area contributed by atoms with E-state index in [1.165, 1.54) is 30.7 Å². The van der Waals surface area contributed by atoms with E-state index in [0.29, 0.717) is 39.3 Å². The first-order valence-corrected chi connectivity index (χ1v) is 13.0. The molecule has 0 unspecified atom stereocenters. The van der Waals surface area contributed by atoms with Crippen LogP contribution >= 0.6 is 11.3 Å². The Morgan fingerprint density at radius 1 is 1.18 bits per heavy atom. The molecule has 4 rings (SSSR count). The van der Waals surface area contributed by atoms with Crippen molar-refractivity contribution in [3.8, 4) is 16.3 Å². The van der Waals surface area contributed by atoms with Gasteiger partial charge in [0.1, 0.15) is 9.88 Å². The summed E-state index contributed by atoms with van der Waals surface area (Å²) in [5.74, 6) is -0.581. The standard InChI is InChI=1S/C26H31N7O4S/c1-14(2)10-11-28-24(35)19-13-29-26(38-19)16-6-5-7-17(22(16)37-4)30-18-12-20(31-23(34)15-8-9-15)32-33-21(18)25(36)27-3/h5-7,12-15H,8-11H2,1-4H3,(H,27,36)(H,28,35)(H2,30,31,32,34)/i3D3. The lowest BCUT2D eigenvalue weighted by molar-refractivity contribution is -0.117. The topological polar surface area (TPSA) is 147 Å². The Labute approximate surface area is 229 Å². The van der Waals surface area contributed by atoms with E-state index in [9.17, 15) is 14.4 Å². The number of amides is 3. The number of thiazole rings is 1. The lowest BCUT2D eigenvalue weighted by Gasteiger charge is -2.16. The summed E-state index contributed by atoms with van der Waals surface area (Å²) < 4.78 is 27.9. The second-order valence-corrected chi connectivity index (χ2v) is 10.2. The minimum absolute atomic E-state index is 0.0904. The highest BCUT2D eigenvalue weighted by molar-refractivity contribution is 7.17. The molecule has 0 spiro atoms. The van der Waals surface area contributed by atoms with Gasteiger partial charge in [-0.1, -0.05) is 19.9 Å². The molecule has 2 aromatic heterocycles. The third-order valence-corrected chi connectivity index (χ3v) is 6.81. The van der Waals surface area contributed by atoms with Crippen molar-refractivity contribution in [1.29, 1.82) is 0 Å². The minimum atomic E-state index is -2.75. The molecule has 0 aliphatic heterocycles. The van der Waals surface area contributed by atoms with Gasteiger partial charge < -0.3 is 26.0 Å². The summed E-state index contributed by atoms with van der Waals surface area (Å²) in [4.78, 5) is 42.5. The van der Waals surface area contributed by atoms with Gasteiger partial charge in [-0.15, -0.1) is 21.5 Å². The molecule has 1 saturated carbocycles. The Morgan fingerprint density at radius 2 is 2.00 bits per heavy atom. The maximum atomic E-state index is 12.8. The lowest BCUT2D eigenvalue weighted by Crippen LogP contribution is -2.24. The molecule has 0 radical (unpaired) electrons. The molecule has 0 bridgehead atoms. The predicted octanol–water partition coefficient (Wildman–Crippen LogP) is 3.84. The van der Waals surface area contributed by atoms with Crippen molar-refractivity contribution in [2.45, 2.75) is 33.1 Å². The second kappa shape index (κ2) is 12.0. The van der Waals surface area contributed by atoms with Crippen LogP contribution in [0.3, 0.4) is 0 Å². The maximum absolute atomic E-state index is 12.8. The van der Waals surface area contributed by atoms with Gasteiger partial charge in [0, 0.05) is 29.6 Å². The van der Waals surface area contributed by atoms with Crippen LogP contribution in [0, 0.1) is 11.8 Å². The molecule has 3 aromatic rings. The van der Waals surface area contributed by atoms with Crippen LogP contribution in [0.4, 0.5) is 17.2 Å². The average Bonchev–Trinajstić information content (AvgIpc) is 3.64. The van der Waals surface area contributed by atoms with Crippen molar-refractivity contribution >= 4 is 46.3 Å². The van der Waals surface area contributed by atoms with Gasteiger partial charge in [-0.05, 0) is 37.3 Å². The van der Waals surface area contributed by atoms with Crippen molar-refractivity contribution < 1.29 is 23.2 Å². The second-order valence-electron chi connectivity index (χ2n) is 9.19. The number of hydrogen-bond acceptors (Lipinski definition) is 9. The number of carbonyl (C=O) groups excluding carboxylic acids is 3. The first kappa shape index (κ1) is 23.1. The Bertz CT molecular complexity index is 1440. The summed E-state index contributed by atoms with van der Waals surface area (Å²) in [6.07, 6.45) is 3.93. The average molecular weight is 541 g/mol. The Morgan fingerprint density at radius 3 is 2.71 bits per heavy atom. The highest BCUT2D eigenvalue weighted by atomic mass is 32.1. The summed E-state index contributed by atoms with van der Waals surface area (Å²) in [5.41, 5.74) is 0.778. The minimum Gasteiger partial charge on any atom is -0.494 e.